The normalized spacial score (nSPS) is 17.1. The van der Waals surface area contributed by atoms with Crippen LogP contribution in [0.15, 0.2) is 53.4 Å². The minimum atomic E-state index is -0.0690. The van der Waals surface area contributed by atoms with Crippen LogP contribution in [0.25, 0.3) is 0 Å². The van der Waals surface area contributed by atoms with Crippen molar-refractivity contribution < 1.29 is 19.2 Å². The Balaban J connectivity index is 1.38. The van der Waals surface area contributed by atoms with Crippen LogP contribution >= 0.6 is 11.8 Å². The highest BCUT2D eigenvalue weighted by atomic mass is 32.2. The van der Waals surface area contributed by atoms with Crippen LogP contribution in [-0.2, 0) is 16.1 Å². The molecule has 1 saturated heterocycles. The van der Waals surface area contributed by atoms with E-state index in [1.807, 2.05) is 53.4 Å². The first-order valence-corrected chi connectivity index (χ1v) is 11.0. The standard InChI is InChI=1S/C22H25N3O3S/c26-21-16-29-20-7-2-1-6-19(20)25(21)15-17-4-3-5-18(14-17)22(27)23-8-9-24-10-12-28-13-11-24/h1-7,14H,8-13,15-16H2,(H,23,27)/p+1. The van der Waals surface area contributed by atoms with Crippen molar-refractivity contribution in [1.82, 2.24) is 5.32 Å². The van der Waals surface area contributed by atoms with Crippen molar-refractivity contribution >= 4 is 29.3 Å². The van der Waals surface area contributed by atoms with Crippen molar-refractivity contribution in [2.24, 2.45) is 0 Å². The molecule has 0 unspecified atom stereocenters. The molecule has 152 valence electrons. The quantitative estimate of drug-likeness (QED) is 0.742. The topological polar surface area (TPSA) is 63.1 Å². The Morgan fingerprint density at radius 2 is 1.97 bits per heavy atom. The molecule has 2 aliphatic heterocycles. The molecule has 7 heteroatoms. The van der Waals surface area contributed by atoms with Crippen LogP contribution < -0.4 is 15.1 Å². The van der Waals surface area contributed by atoms with Gasteiger partial charge in [-0.2, -0.15) is 0 Å². The maximum absolute atomic E-state index is 12.6. The van der Waals surface area contributed by atoms with Crippen molar-refractivity contribution in [3.8, 4) is 0 Å². The number of thioether (sulfide) groups is 1. The van der Waals surface area contributed by atoms with Gasteiger partial charge in [0.25, 0.3) is 5.91 Å². The molecule has 2 N–H and O–H groups in total. The Morgan fingerprint density at radius 1 is 1.14 bits per heavy atom. The number of fused-ring (bicyclic) bond motifs is 1. The molecule has 2 aromatic carbocycles. The summed E-state index contributed by atoms with van der Waals surface area (Å²) in [6.07, 6.45) is 0. The fourth-order valence-corrected chi connectivity index (χ4v) is 4.62. The molecule has 0 aliphatic carbocycles. The molecular weight excluding hydrogens is 386 g/mol. The number of carbonyl (C=O) groups excluding carboxylic acids is 2. The van der Waals surface area contributed by atoms with Crippen molar-refractivity contribution in [3.05, 3.63) is 59.7 Å². The van der Waals surface area contributed by atoms with Gasteiger partial charge in [0.1, 0.15) is 13.1 Å². The Kier molecular flexibility index (Phi) is 6.49. The molecule has 1 fully saturated rings. The lowest BCUT2D eigenvalue weighted by Crippen LogP contribution is -3.14. The van der Waals surface area contributed by atoms with Gasteiger partial charge in [0, 0.05) is 10.5 Å². The van der Waals surface area contributed by atoms with E-state index in [0.29, 0.717) is 24.4 Å². The van der Waals surface area contributed by atoms with E-state index in [1.165, 1.54) is 4.90 Å². The molecule has 2 aromatic rings. The van der Waals surface area contributed by atoms with E-state index >= 15 is 0 Å². The molecule has 6 nitrogen and oxygen atoms in total. The number of hydrogen-bond donors (Lipinski definition) is 2. The number of rotatable bonds is 6. The Labute approximate surface area is 175 Å². The van der Waals surface area contributed by atoms with Crippen LogP contribution in [0, 0.1) is 0 Å². The number of benzene rings is 2. The van der Waals surface area contributed by atoms with E-state index in [-0.39, 0.29) is 11.8 Å². The second-order valence-electron chi connectivity index (χ2n) is 7.30. The van der Waals surface area contributed by atoms with Crippen molar-refractivity contribution in [1.29, 1.82) is 0 Å². The summed E-state index contributed by atoms with van der Waals surface area (Å²) in [6.45, 7) is 5.60. The second kappa shape index (κ2) is 9.43. The maximum Gasteiger partial charge on any atom is 0.251 e. The van der Waals surface area contributed by atoms with Gasteiger partial charge in [-0.15, -0.1) is 11.8 Å². The molecule has 2 heterocycles. The highest BCUT2D eigenvalue weighted by molar-refractivity contribution is 8.00. The van der Waals surface area contributed by atoms with Crippen LogP contribution in [0.5, 0.6) is 0 Å². The average Bonchev–Trinajstić information content (AvgIpc) is 2.77. The Morgan fingerprint density at radius 3 is 2.83 bits per heavy atom. The Bertz CT molecular complexity index is 883. The molecule has 0 saturated carbocycles. The molecule has 2 amide bonds. The molecule has 0 bridgehead atoms. The highest BCUT2D eigenvalue weighted by Gasteiger charge is 2.24. The number of anilines is 1. The molecule has 2 aliphatic rings. The van der Waals surface area contributed by atoms with Crippen molar-refractivity contribution in [2.75, 3.05) is 50.0 Å². The third kappa shape index (κ3) is 4.98. The third-order valence-corrected chi connectivity index (χ3v) is 6.35. The smallest absolute Gasteiger partial charge is 0.251 e. The van der Waals surface area contributed by atoms with Gasteiger partial charge in [-0.3, -0.25) is 9.59 Å². The molecule has 4 rings (SSSR count). The zero-order valence-corrected chi connectivity index (χ0v) is 17.2. The number of amides is 2. The second-order valence-corrected chi connectivity index (χ2v) is 8.32. The molecule has 0 aromatic heterocycles. The number of nitrogens with one attached hydrogen (secondary N) is 2. The third-order valence-electron chi connectivity index (χ3n) is 5.30. The van der Waals surface area contributed by atoms with Crippen LogP contribution in [0.3, 0.4) is 0 Å². The van der Waals surface area contributed by atoms with E-state index in [0.717, 1.165) is 49.0 Å². The van der Waals surface area contributed by atoms with E-state index in [9.17, 15) is 9.59 Å². The van der Waals surface area contributed by atoms with Gasteiger partial charge < -0.3 is 19.9 Å². The largest absolute Gasteiger partial charge is 0.370 e. The summed E-state index contributed by atoms with van der Waals surface area (Å²) in [4.78, 5) is 29.4. The molecule has 0 spiro atoms. The summed E-state index contributed by atoms with van der Waals surface area (Å²) < 4.78 is 5.36. The lowest BCUT2D eigenvalue weighted by molar-refractivity contribution is -0.906. The first kappa shape index (κ1) is 19.9. The summed E-state index contributed by atoms with van der Waals surface area (Å²) >= 11 is 1.57. The SMILES string of the molecule is O=C(NCC[NH+]1CCOCC1)c1cccc(CN2C(=O)CSc3ccccc32)c1. The molecule has 0 radical (unpaired) electrons. The van der Waals surface area contributed by atoms with Crippen LogP contribution in [0.4, 0.5) is 5.69 Å². The van der Waals surface area contributed by atoms with Crippen molar-refractivity contribution in [3.63, 3.8) is 0 Å². The molecule has 29 heavy (non-hydrogen) atoms. The van der Waals surface area contributed by atoms with Gasteiger partial charge >= 0.3 is 0 Å². The molecular formula is C22H26N3O3S+. The number of ether oxygens (including phenoxy) is 1. The number of quaternary nitrogens is 1. The number of nitrogens with zero attached hydrogens (tertiary/aromatic N) is 1. The zero-order chi connectivity index (χ0) is 20.1. The first-order chi connectivity index (χ1) is 14.2. The fourth-order valence-electron chi connectivity index (χ4n) is 3.69. The van der Waals surface area contributed by atoms with Crippen LogP contribution in [-0.4, -0.2) is 57.0 Å². The summed E-state index contributed by atoms with van der Waals surface area (Å²) in [6, 6.07) is 15.5. The first-order valence-electron chi connectivity index (χ1n) is 10.0. The summed E-state index contributed by atoms with van der Waals surface area (Å²) in [5.74, 6) is 0.471. The monoisotopic (exact) mass is 412 g/mol. The summed E-state index contributed by atoms with van der Waals surface area (Å²) in [5.41, 5.74) is 2.52. The van der Waals surface area contributed by atoms with Crippen LogP contribution in [0.2, 0.25) is 0 Å². The Hall–Kier alpha value is -2.35. The number of carbonyl (C=O) groups is 2. The lowest BCUT2D eigenvalue weighted by atomic mass is 10.1. The lowest BCUT2D eigenvalue weighted by Gasteiger charge is -2.29. The predicted molar refractivity (Wildman–Crippen MR) is 114 cm³/mol. The van der Waals surface area contributed by atoms with E-state index in [1.54, 1.807) is 11.8 Å². The summed E-state index contributed by atoms with van der Waals surface area (Å²) in [5, 5.41) is 3.02. The average molecular weight is 413 g/mol. The minimum absolute atomic E-state index is 0.0690. The number of para-hydroxylation sites is 1. The van der Waals surface area contributed by atoms with E-state index in [4.69, 9.17) is 4.74 Å². The van der Waals surface area contributed by atoms with Gasteiger partial charge in [-0.25, -0.2) is 0 Å². The van der Waals surface area contributed by atoms with E-state index < -0.39 is 0 Å². The number of hydrogen-bond acceptors (Lipinski definition) is 4. The minimum Gasteiger partial charge on any atom is -0.370 e. The van der Waals surface area contributed by atoms with Gasteiger partial charge in [0.15, 0.2) is 0 Å². The zero-order valence-electron chi connectivity index (χ0n) is 16.4. The van der Waals surface area contributed by atoms with Gasteiger partial charge in [0.2, 0.25) is 5.91 Å². The van der Waals surface area contributed by atoms with Crippen molar-refractivity contribution in [2.45, 2.75) is 11.4 Å². The highest BCUT2D eigenvalue weighted by Crippen LogP contribution is 2.35. The predicted octanol–water partition coefficient (Wildman–Crippen LogP) is 0.970. The van der Waals surface area contributed by atoms with Gasteiger partial charge in [0.05, 0.1) is 44.3 Å². The fraction of sp³-hybridized carbons (Fsp3) is 0.364. The number of morpholine rings is 1. The maximum atomic E-state index is 12.6. The van der Waals surface area contributed by atoms with Gasteiger partial charge in [-0.05, 0) is 29.8 Å². The van der Waals surface area contributed by atoms with E-state index in [2.05, 4.69) is 5.32 Å². The molecule has 0 atom stereocenters. The summed E-state index contributed by atoms with van der Waals surface area (Å²) in [7, 11) is 0. The van der Waals surface area contributed by atoms with Gasteiger partial charge in [-0.1, -0.05) is 24.3 Å². The van der Waals surface area contributed by atoms with Crippen LogP contribution in [0.1, 0.15) is 15.9 Å².